The number of hydrogen-bond acceptors (Lipinski definition) is 4. The van der Waals surface area contributed by atoms with E-state index in [9.17, 15) is 14.7 Å². The molecule has 1 aliphatic rings. The van der Waals surface area contributed by atoms with Crippen molar-refractivity contribution in [3.05, 3.63) is 23.7 Å². The SMILES string of the molecule is CC(C)(O)C#Cc1ccc(C(=O)NC2(C(N)=O)CCCC2)o1. The Bertz CT molecular complexity index is 637. The van der Waals surface area contributed by atoms with Gasteiger partial charge in [0, 0.05) is 0 Å². The van der Waals surface area contributed by atoms with Crippen LogP contribution in [-0.4, -0.2) is 28.1 Å². The number of nitrogens with one attached hydrogen (secondary N) is 1. The minimum absolute atomic E-state index is 0.0626. The van der Waals surface area contributed by atoms with Gasteiger partial charge in [0.2, 0.25) is 5.91 Å². The van der Waals surface area contributed by atoms with E-state index >= 15 is 0 Å². The Morgan fingerprint density at radius 3 is 2.55 bits per heavy atom. The van der Waals surface area contributed by atoms with Crippen LogP contribution in [0.1, 0.15) is 55.8 Å². The third-order valence-corrected chi connectivity index (χ3v) is 3.60. The number of primary amides is 1. The summed E-state index contributed by atoms with van der Waals surface area (Å²) in [6.45, 7) is 3.10. The summed E-state index contributed by atoms with van der Waals surface area (Å²) in [5.41, 5.74) is 3.30. The average molecular weight is 304 g/mol. The molecule has 2 amide bonds. The molecule has 1 fully saturated rings. The molecule has 6 heteroatoms. The van der Waals surface area contributed by atoms with Crippen molar-refractivity contribution in [2.75, 3.05) is 0 Å². The number of nitrogens with two attached hydrogens (primary N) is 1. The van der Waals surface area contributed by atoms with Gasteiger partial charge in [-0.1, -0.05) is 18.8 Å². The Balaban J connectivity index is 2.12. The molecule has 1 aromatic heterocycles. The molecule has 0 aromatic carbocycles. The molecular formula is C16H20N2O4. The van der Waals surface area contributed by atoms with Crippen LogP contribution in [0.5, 0.6) is 0 Å². The van der Waals surface area contributed by atoms with Crippen LogP contribution in [0.25, 0.3) is 0 Å². The van der Waals surface area contributed by atoms with Crippen LogP contribution in [0.4, 0.5) is 0 Å². The molecule has 0 radical (unpaired) electrons. The van der Waals surface area contributed by atoms with E-state index in [2.05, 4.69) is 17.2 Å². The molecule has 22 heavy (non-hydrogen) atoms. The van der Waals surface area contributed by atoms with Crippen molar-refractivity contribution >= 4 is 11.8 Å². The average Bonchev–Trinajstić information content (AvgIpc) is 3.04. The Hall–Kier alpha value is -2.26. The number of furan rings is 1. The fourth-order valence-electron chi connectivity index (χ4n) is 2.43. The maximum atomic E-state index is 12.2. The van der Waals surface area contributed by atoms with Crippen molar-refractivity contribution in [3.63, 3.8) is 0 Å². The van der Waals surface area contributed by atoms with Gasteiger partial charge in [-0.25, -0.2) is 0 Å². The topological polar surface area (TPSA) is 106 Å². The third kappa shape index (κ3) is 3.68. The molecule has 2 rings (SSSR count). The minimum Gasteiger partial charge on any atom is -0.443 e. The smallest absolute Gasteiger partial charge is 0.287 e. The highest BCUT2D eigenvalue weighted by Gasteiger charge is 2.41. The Kier molecular flexibility index (Phi) is 4.29. The van der Waals surface area contributed by atoms with Gasteiger partial charge in [0.15, 0.2) is 11.5 Å². The van der Waals surface area contributed by atoms with Crippen molar-refractivity contribution in [3.8, 4) is 11.8 Å². The summed E-state index contributed by atoms with van der Waals surface area (Å²) in [5.74, 6) is 4.57. The number of rotatable bonds is 3. The third-order valence-electron chi connectivity index (χ3n) is 3.60. The van der Waals surface area contributed by atoms with E-state index in [1.807, 2.05) is 0 Å². The van der Waals surface area contributed by atoms with E-state index in [1.54, 1.807) is 19.9 Å². The van der Waals surface area contributed by atoms with Gasteiger partial charge in [-0.15, -0.1) is 0 Å². The van der Waals surface area contributed by atoms with Gasteiger partial charge >= 0.3 is 0 Å². The molecular weight excluding hydrogens is 284 g/mol. The Labute approximate surface area is 129 Å². The van der Waals surface area contributed by atoms with E-state index in [1.165, 1.54) is 6.07 Å². The van der Waals surface area contributed by atoms with Crippen LogP contribution in [0.15, 0.2) is 16.5 Å². The summed E-state index contributed by atoms with van der Waals surface area (Å²) < 4.78 is 5.33. The zero-order valence-corrected chi connectivity index (χ0v) is 12.7. The largest absolute Gasteiger partial charge is 0.443 e. The fraction of sp³-hybridized carbons (Fsp3) is 0.500. The van der Waals surface area contributed by atoms with E-state index in [4.69, 9.17) is 10.2 Å². The zero-order valence-electron chi connectivity index (χ0n) is 12.7. The monoisotopic (exact) mass is 304 g/mol. The van der Waals surface area contributed by atoms with Crippen LogP contribution < -0.4 is 11.1 Å². The van der Waals surface area contributed by atoms with Crippen molar-refractivity contribution in [1.29, 1.82) is 0 Å². The number of carbonyl (C=O) groups is 2. The summed E-state index contributed by atoms with van der Waals surface area (Å²) >= 11 is 0. The quantitative estimate of drug-likeness (QED) is 0.722. The van der Waals surface area contributed by atoms with Crippen LogP contribution in [0.2, 0.25) is 0 Å². The summed E-state index contributed by atoms with van der Waals surface area (Å²) in [6, 6.07) is 3.02. The number of carbonyl (C=O) groups excluding carboxylic acids is 2. The standard InChI is InChI=1S/C16H20N2O4/c1-15(2,21)10-7-11-5-6-12(22-11)13(19)18-16(14(17)20)8-3-4-9-16/h5-6,21H,3-4,8-9H2,1-2H3,(H2,17,20)(H,18,19). The molecule has 1 saturated carbocycles. The lowest BCUT2D eigenvalue weighted by Crippen LogP contribution is -2.55. The van der Waals surface area contributed by atoms with Gasteiger partial charge in [-0.3, -0.25) is 9.59 Å². The van der Waals surface area contributed by atoms with E-state index in [0.29, 0.717) is 12.8 Å². The lowest BCUT2D eigenvalue weighted by atomic mass is 9.96. The summed E-state index contributed by atoms with van der Waals surface area (Å²) in [4.78, 5) is 23.8. The summed E-state index contributed by atoms with van der Waals surface area (Å²) in [5, 5.41) is 12.2. The zero-order chi connectivity index (χ0) is 16.4. The maximum Gasteiger partial charge on any atom is 0.287 e. The second kappa shape index (κ2) is 5.85. The molecule has 118 valence electrons. The summed E-state index contributed by atoms with van der Waals surface area (Å²) in [6.07, 6.45) is 2.79. The van der Waals surface area contributed by atoms with E-state index < -0.39 is 23.0 Å². The lowest BCUT2D eigenvalue weighted by molar-refractivity contribution is -0.123. The van der Waals surface area contributed by atoms with Gasteiger partial charge in [0.1, 0.15) is 11.1 Å². The molecule has 0 spiro atoms. The predicted molar refractivity (Wildman–Crippen MR) is 79.7 cm³/mol. The van der Waals surface area contributed by atoms with Gasteiger partial charge in [0.05, 0.1) is 0 Å². The first kappa shape index (κ1) is 16.1. The van der Waals surface area contributed by atoms with Crippen LogP contribution in [0, 0.1) is 11.8 Å². The molecule has 4 N–H and O–H groups in total. The van der Waals surface area contributed by atoms with Crippen molar-refractivity contribution < 1.29 is 19.1 Å². The molecule has 0 aliphatic heterocycles. The highest BCUT2D eigenvalue weighted by atomic mass is 16.3. The van der Waals surface area contributed by atoms with Crippen LogP contribution >= 0.6 is 0 Å². The molecule has 0 saturated heterocycles. The molecule has 1 aliphatic carbocycles. The number of amides is 2. The maximum absolute atomic E-state index is 12.2. The van der Waals surface area contributed by atoms with Gasteiger partial charge < -0.3 is 20.6 Å². The molecule has 0 unspecified atom stereocenters. The minimum atomic E-state index is -1.14. The highest BCUT2D eigenvalue weighted by molar-refractivity contribution is 5.97. The molecule has 0 atom stereocenters. The fourth-order valence-corrected chi connectivity index (χ4v) is 2.43. The lowest BCUT2D eigenvalue weighted by Gasteiger charge is -2.25. The Morgan fingerprint density at radius 2 is 2.00 bits per heavy atom. The highest BCUT2D eigenvalue weighted by Crippen LogP contribution is 2.29. The first-order valence-electron chi connectivity index (χ1n) is 7.20. The van der Waals surface area contributed by atoms with Crippen molar-refractivity contribution in [1.82, 2.24) is 5.32 Å². The van der Waals surface area contributed by atoms with E-state index in [0.717, 1.165) is 12.8 Å². The molecule has 1 heterocycles. The molecule has 6 nitrogen and oxygen atoms in total. The van der Waals surface area contributed by atoms with Gasteiger partial charge in [-0.2, -0.15) is 0 Å². The van der Waals surface area contributed by atoms with E-state index in [-0.39, 0.29) is 11.5 Å². The normalized spacial score (nSPS) is 16.7. The number of aliphatic hydroxyl groups is 1. The first-order valence-corrected chi connectivity index (χ1v) is 7.20. The van der Waals surface area contributed by atoms with Crippen LogP contribution in [0.3, 0.4) is 0 Å². The predicted octanol–water partition coefficient (Wildman–Crippen LogP) is 0.930. The second-order valence-electron chi connectivity index (χ2n) is 6.08. The van der Waals surface area contributed by atoms with Gasteiger partial charge in [0.25, 0.3) is 5.91 Å². The number of hydrogen-bond donors (Lipinski definition) is 3. The Morgan fingerprint density at radius 1 is 1.36 bits per heavy atom. The van der Waals surface area contributed by atoms with Gasteiger partial charge in [-0.05, 0) is 44.7 Å². The van der Waals surface area contributed by atoms with Crippen molar-refractivity contribution in [2.45, 2.75) is 50.7 Å². The second-order valence-corrected chi connectivity index (χ2v) is 6.08. The van der Waals surface area contributed by atoms with Crippen LogP contribution in [-0.2, 0) is 4.79 Å². The summed E-state index contributed by atoms with van der Waals surface area (Å²) in [7, 11) is 0. The molecule has 0 bridgehead atoms. The van der Waals surface area contributed by atoms with Crippen molar-refractivity contribution in [2.24, 2.45) is 5.73 Å². The first-order chi connectivity index (χ1) is 10.2. The molecule has 1 aromatic rings.